The highest BCUT2D eigenvalue weighted by Gasteiger charge is 2.19. The van der Waals surface area contributed by atoms with Gasteiger partial charge in [-0.2, -0.15) is 0 Å². The molecule has 1 aromatic heterocycles. The number of carbonyl (C=O) groups excluding carboxylic acids is 1. The first-order valence-corrected chi connectivity index (χ1v) is 12.0. The standard InChI is InChI=1S/C24H29BClN3O3.C2H6/c1-16(13-21-17(2)27-10-7-22(21)25(31)32)15-29-11-8-18(9-12-29)20-6-5-19(14-23(20)26)24(30)28(3)4;1-2/h5-8,10,13-14,31-32H,9,11-12,15H2,1-4H3;1-2H3/b16-13+;. The van der Waals surface area contributed by atoms with E-state index in [1.807, 2.05) is 45.9 Å². The predicted molar refractivity (Wildman–Crippen MR) is 142 cm³/mol. The van der Waals surface area contributed by atoms with E-state index in [4.69, 9.17) is 11.6 Å². The Labute approximate surface area is 208 Å². The number of amides is 1. The van der Waals surface area contributed by atoms with Gasteiger partial charge in [0.1, 0.15) is 0 Å². The predicted octanol–water partition coefficient (Wildman–Crippen LogP) is 3.64. The molecule has 8 heteroatoms. The van der Waals surface area contributed by atoms with Crippen LogP contribution in [-0.2, 0) is 0 Å². The zero-order chi connectivity index (χ0) is 25.4. The molecule has 2 heterocycles. The van der Waals surface area contributed by atoms with Crippen LogP contribution in [0.3, 0.4) is 0 Å². The number of halogens is 1. The van der Waals surface area contributed by atoms with E-state index in [2.05, 4.69) is 16.0 Å². The third-order valence-electron chi connectivity index (χ3n) is 5.63. The Morgan fingerprint density at radius 1 is 1.26 bits per heavy atom. The highest BCUT2D eigenvalue weighted by molar-refractivity contribution is 6.59. The number of aromatic nitrogens is 1. The van der Waals surface area contributed by atoms with Gasteiger partial charge in [-0.15, -0.1) is 0 Å². The van der Waals surface area contributed by atoms with Gasteiger partial charge in [0.05, 0.1) is 0 Å². The molecule has 6 nitrogen and oxygen atoms in total. The van der Waals surface area contributed by atoms with E-state index in [-0.39, 0.29) is 5.91 Å². The number of aryl methyl sites for hydroxylation is 1. The summed E-state index contributed by atoms with van der Waals surface area (Å²) in [6.07, 6.45) is 6.61. The van der Waals surface area contributed by atoms with Crippen molar-refractivity contribution in [2.45, 2.75) is 34.1 Å². The Hall–Kier alpha value is -2.45. The molecule has 0 radical (unpaired) electrons. The van der Waals surface area contributed by atoms with E-state index in [1.165, 1.54) is 10.5 Å². The second-order valence-electron chi connectivity index (χ2n) is 8.37. The summed E-state index contributed by atoms with van der Waals surface area (Å²) < 4.78 is 0. The number of rotatable bonds is 6. The van der Waals surface area contributed by atoms with Crippen molar-refractivity contribution >= 4 is 41.7 Å². The summed E-state index contributed by atoms with van der Waals surface area (Å²) in [5.74, 6) is -0.0646. The van der Waals surface area contributed by atoms with Gasteiger partial charge in [0.25, 0.3) is 5.91 Å². The molecule has 1 aromatic carbocycles. The monoisotopic (exact) mass is 483 g/mol. The number of nitrogens with zero attached hydrogens (tertiary/aromatic N) is 3. The number of hydrogen-bond donors (Lipinski definition) is 2. The first kappa shape index (κ1) is 27.8. The summed E-state index contributed by atoms with van der Waals surface area (Å²) in [6.45, 7) is 10.3. The van der Waals surface area contributed by atoms with Crippen molar-refractivity contribution in [2.75, 3.05) is 33.7 Å². The fourth-order valence-corrected chi connectivity index (χ4v) is 4.22. The molecular weight excluding hydrogens is 449 g/mol. The molecule has 3 rings (SSSR count). The lowest BCUT2D eigenvalue weighted by Gasteiger charge is -2.27. The Morgan fingerprint density at radius 2 is 1.97 bits per heavy atom. The van der Waals surface area contributed by atoms with Crippen molar-refractivity contribution in [3.8, 4) is 0 Å². The topological polar surface area (TPSA) is 76.9 Å². The Bertz CT molecular complexity index is 1070. The molecule has 0 fully saturated rings. The van der Waals surface area contributed by atoms with Crippen LogP contribution < -0.4 is 5.46 Å². The number of carbonyl (C=O) groups is 1. The molecule has 1 aliphatic heterocycles. The van der Waals surface area contributed by atoms with Gasteiger partial charge in [0.15, 0.2) is 0 Å². The van der Waals surface area contributed by atoms with E-state index in [1.54, 1.807) is 32.4 Å². The fraction of sp³-hybridized carbons (Fsp3) is 0.385. The molecule has 34 heavy (non-hydrogen) atoms. The van der Waals surface area contributed by atoms with Crippen molar-refractivity contribution in [2.24, 2.45) is 0 Å². The zero-order valence-electron chi connectivity index (χ0n) is 21.0. The highest BCUT2D eigenvalue weighted by Crippen LogP contribution is 2.30. The Morgan fingerprint density at radius 3 is 2.53 bits per heavy atom. The minimum Gasteiger partial charge on any atom is -0.423 e. The average molecular weight is 484 g/mol. The van der Waals surface area contributed by atoms with E-state index >= 15 is 0 Å². The SMILES string of the molecule is C/C(=C\c1c(B(O)O)ccnc1C)CN1CC=C(c2ccc(C(=O)N(C)C)cc2Cl)CC1.CC. The second-order valence-corrected chi connectivity index (χ2v) is 8.78. The van der Waals surface area contributed by atoms with Gasteiger partial charge in [0.2, 0.25) is 0 Å². The minimum absolute atomic E-state index is 0.0646. The normalized spacial score (nSPS) is 14.1. The van der Waals surface area contributed by atoms with Crippen molar-refractivity contribution in [3.63, 3.8) is 0 Å². The molecule has 182 valence electrons. The third-order valence-corrected chi connectivity index (χ3v) is 5.94. The Balaban J connectivity index is 0.00000199. The molecule has 2 aromatic rings. The number of hydrogen-bond acceptors (Lipinski definition) is 5. The second kappa shape index (κ2) is 12.9. The smallest absolute Gasteiger partial charge is 0.423 e. The quantitative estimate of drug-likeness (QED) is 0.613. The third kappa shape index (κ3) is 7.03. The van der Waals surface area contributed by atoms with Crippen molar-refractivity contribution < 1.29 is 14.8 Å². The minimum atomic E-state index is -1.53. The molecule has 2 N–H and O–H groups in total. The van der Waals surface area contributed by atoms with Crippen LogP contribution in [0.1, 0.15) is 54.4 Å². The van der Waals surface area contributed by atoms with E-state index in [0.29, 0.717) is 16.0 Å². The van der Waals surface area contributed by atoms with Gasteiger partial charge in [-0.3, -0.25) is 14.7 Å². The lowest BCUT2D eigenvalue weighted by molar-refractivity contribution is 0.0827. The number of pyridine rings is 1. The summed E-state index contributed by atoms with van der Waals surface area (Å²) >= 11 is 6.50. The van der Waals surface area contributed by atoms with E-state index in [0.717, 1.165) is 48.4 Å². The molecule has 0 saturated heterocycles. The zero-order valence-corrected chi connectivity index (χ0v) is 21.7. The molecule has 1 amide bonds. The van der Waals surface area contributed by atoms with Crippen LogP contribution in [0.2, 0.25) is 5.02 Å². The largest absolute Gasteiger partial charge is 0.489 e. The van der Waals surface area contributed by atoms with Crippen LogP contribution in [-0.4, -0.2) is 71.6 Å². The molecule has 0 atom stereocenters. The summed E-state index contributed by atoms with van der Waals surface area (Å²) in [6, 6.07) is 7.13. The van der Waals surface area contributed by atoms with Gasteiger partial charge in [-0.25, -0.2) is 0 Å². The molecule has 0 bridgehead atoms. The fourth-order valence-electron chi connectivity index (χ4n) is 3.92. The maximum absolute atomic E-state index is 12.1. The van der Waals surface area contributed by atoms with Crippen molar-refractivity contribution in [1.82, 2.24) is 14.8 Å². The van der Waals surface area contributed by atoms with Crippen LogP contribution in [0.25, 0.3) is 11.6 Å². The summed E-state index contributed by atoms with van der Waals surface area (Å²) in [4.78, 5) is 20.3. The molecule has 0 unspecified atom stereocenters. The highest BCUT2D eigenvalue weighted by atomic mass is 35.5. The van der Waals surface area contributed by atoms with Crippen LogP contribution in [0, 0.1) is 6.92 Å². The summed E-state index contributed by atoms with van der Waals surface area (Å²) in [7, 11) is 1.92. The van der Waals surface area contributed by atoms with Gasteiger partial charge in [-0.1, -0.05) is 49.2 Å². The lowest BCUT2D eigenvalue weighted by Crippen LogP contribution is -2.33. The Kier molecular flexibility index (Phi) is 10.5. The maximum atomic E-state index is 12.1. The van der Waals surface area contributed by atoms with Crippen LogP contribution in [0.4, 0.5) is 0 Å². The van der Waals surface area contributed by atoms with Crippen LogP contribution in [0.15, 0.2) is 42.1 Å². The lowest BCUT2D eigenvalue weighted by atomic mass is 9.76. The average Bonchev–Trinajstić information content (AvgIpc) is 2.81. The summed E-state index contributed by atoms with van der Waals surface area (Å²) in [5.41, 5.74) is 5.84. The van der Waals surface area contributed by atoms with Crippen LogP contribution >= 0.6 is 11.6 Å². The molecular formula is C26H35BClN3O3. The molecule has 1 aliphatic rings. The molecule has 0 aliphatic carbocycles. The maximum Gasteiger partial charge on any atom is 0.489 e. The van der Waals surface area contributed by atoms with Crippen molar-refractivity contribution in [1.29, 1.82) is 0 Å². The summed E-state index contributed by atoms with van der Waals surface area (Å²) in [5, 5.41) is 19.9. The van der Waals surface area contributed by atoms with Crippen molar-refractivity contribution in [3.05, 3.63) is 69.5 Å². The molecule has 0 spiro atoms. The van der Waals surface area contributed by atoms with Gasteiger partial charge >= 0.3 is 7.12 Å². The van der Waals surface area contributed by atoms with Gasteiger partial charge in [0, 0.05) is 56.2 Å². The van der Waals surface area contributed by atoms with E-state index < -0.39 is 7.12 Å². The van der Waals surface area contributed by atoms with Gasteiger partial charge < -0.3 is 14.9 Å². The van der Waals surface area contributed by atoms with Crippen LogP contribution in [0.5, 0.6) is 0 Å². The first-order chi connectivity index (χ1) is 16.2. The molecule has 0 saturated carbocycles. The van der Waals surface area contributed by atoms with Gasteiger partial charge in [-0.05, 0) is 60.6 Å². The van der Waals surface area contributed by atoms with E-state index in [9.17, 15) is 14.8 Å². The first-order valence-electron chi connectivity index (χ1n) is 11.6. The number of benzene rings is 1.